The van der Waals surface area contributed by atoms with Gasteiger partial charge in [-0.1, -0.05) is 29.3 Å². The normalized spacial score (nSPS) is 10.3. The number of hydrogen-bond acceptors (Lipinski definition) is 5. The summed E-state index contributed by atoms with van der Waals surface area (Å²) in [5.41, 5.74) is 1.08. The maximum Gasteiger partial charge on any atom is 0.251 e. The first-order valence-electron chi connectivity index (χ1n) is 9.95. The van der Waals surface area contributed by atoms with Crippen LogP contribution >= 0.6 is 35.4 Å². The van der Waals surface area contributed by atoms with Gasteiger partial charge in [0, 0.05) is 43.0 Å². The van der Waals surface area contributed by atoms with Gasteiger partial charge in [-0.15, -0.1) is 0 Å². The minimum Gasteiger partial charge on any atom is -0.492 e. The van der Waals surface area contributed by atoms with Crippen molar-refractivity contribution in [2.45, 2.75) is 19.3 Å². The maximum absolute atomic E-state index is 12.2. The molecule has 0 spiro atoms. The average molecular weight is 498 g/mol. The highest BCUT2D eigenvalue weighted by Crippen LogP contribution is 2.27. The van der Waals surface area contributed by atoms with Crippen LogP contribution in [0.5, 0.6) is 5.75 Å². The van der Waals surface area contributed by atoms with Gasteiger partial charge in [0.05, 0.1) is 11.6 Å². The summed E-state index contributed by atoms with van der Waals surface area (Å²) < 4.78 is 10.5. The van der Waals surface area contributed by atoms with E-state index in [2.05, 4.69) is 16.0 Å². The summed E-state index contributed by atoms with van der Waals surface area (Å²) in [4.78, 5) is 24.3. The number of methoxy groups -OCH3 is 1. The van der Waals surface area contributed by atoms with Gasteiger partial charge in [0.15, 0.2) is 5.11 Å². The van der Waals surface area contributed by atoms with Crippen LogP contribution < -0.4 is 20.7 Å². The molecule has 0 radical (unpaired) electrons. The number of amides is 2. The van der Waals surface area contributed by atoms with Crippen LogP contribution in [0.25, 0.3) is 0 Å². The Bertz CT molecular complexity index is 943. The SMILES string of the molecule is COCCCNC(=O)c1cccc(NC(=S)NC(=O)CCCOc2ccc(Cl)cc2Cl)c1. The number of nitrogens with one attached hydrogen (secondary N) is 3. The van der Waals surface area contributed by atoms with Gasteiger partial charge in [-0.05, 0) is 61.5 Å². The van der Waals surface area contributed by atoms with Gasteiger partial charge in [0.1, 0.15) is 5.75 Å². The highest BCUT2D eigenvalue weighted by Gasteiger charge is 2.09. The van der Waals surface area contributed by atoms with Gasteiger partial charge < -0.3 is 25.4 Å². The molecule has 7 nitrogen and oxygen atoms in total. The largest absolute Gasteiger partial charge is 0.492 e. The third kappa shape index (κ3) is 9.40. The molecule has 0 aliphatic heterocycles. The molecule has 0 unspecified atom stereocenters. The van der Waals surface area contributed by atoms with Crippen molar-refractivity contribution in [2.75, 3.05) is 32.2 Å². The summed E-state index contributed by atoms with van der Waals surface area (Å²) in [6.45, 7) is 1.42. The van der Waals surface area contributed by atoms with Crippen LogP contribution in [-0.2, 0) is 9.53 Å². The molecule has 0 aliphatic carbocycles. The second-order valence-corrected chi connectivity index (χ2v) is 7.96. The zero-order valence-electron chi connectivity index (χ0n) is 17.6. The predicted octanol–water partition coefficient (Wildman–Crippen LogP) is 4.43. The van der Waals surface area contributed by atoms with Crippen LogP contribution in [0.3, 0.4) is 0 Å². The van der Waals surface area contributed by atoms with E-state index in [0.29, 0.717) is 53.2 Å². The van der Waals surface area contributed by atoms with Crippen molar-refractivity contribution in [2.24, 2.45) is 0 Å². The molecule has 0 atom stereocenters. The van der Waals surface area contributed by atoms with E-state index in [1.54, 1.807) is 49.6 Å². The molecule has 2 rings (SSSR count). The van der Waals surface area contributed by atoms with E-state index in [4.69, 9.17) is 44.9 Å². The molecule has 32 heavy (non-hydrogen) atoms. The lowest BCUT2D eigenvalue weighted by Gasteiger charge is -2.11. The van der Waals surface area contributed by atoms with Crippen molar-refractivity contribution in [3.8, 4) is 5.75 Å². The molecule has 2 aromatic rings. The number of hydrogen-bond donors (Lipinski definition) is 3. The Kier molecular flexibility index (Phi) is 11.2. The topological polar surface area (TPSA) is 88.7 Å². The number of halogens is 2. The van der Waals surface area contributed by atoms with E-state index in [9.17, 15) is 9.59 Å². The Morgan fingerprint density at radius 1 is 1.06 bits per heavy atom. The van der Waals surface area contributed by atoms with Crippen LogP contribution in [0, 0.1) is 0 Å². The summed E-state index contributed by atoms with van der Waals surface area (Å²) in [6, 6.07) is 11.8. The van der Waals surface area contributed by atoms with Gasteiger partial charge in [0.2, 0.25) is 5.91 Å². The van der Waals surface area contributed by atoms with E-state index in [0.717, 1.165) is 6.42 Å². The van der Waals surface area contributed by atoms with Crippen LogP contribution in [0.1, 0.15) is 29.6 Å². The fourth-order valence-electron chi connectivity index (χ4n) is 2.62. The summed E-state index contributed by atoms with van der Waals surface area (Å²) in [7, 11) is 1.61. The van der Waals surface area contributed by atoms with Gasteiger partial charge in [0.25, 0.3) is 5.91 Å². The smallest absolute Gasteiger partial charge is 0.251 e. The molecular formula is C22H25Cl2N3O4S. The third-order valence-electron chi connectivity index (χ3n) is 4.15. The average Bonchev–Trinajstić information content (AvgIpc) is 2.75. The summed E-state index contributed by atoms with van der Waals surface area (Å²) in [6.07, 6.45) is 1.43. The fourth-order valence-corrected chi connectivity index (χ4v) is 3.31. The monoisotopic (exact) mass is 497 g/mol. The number of benzene rings is 2. The minimum atomic E-state index is -0.250. The van der Waals surface area contributed by atoms with Gasteiger partial charge in [-0.25, -0.2) is 0 Å². The first kappa shape index (κ1) is 25.9. The van der Waals surface area contributed by atoms with Crippen molar-refractivity contribution in [1.82, 2.24) is 10.6 Å². The van der Waals surface area contributed by atoms with E-state index in [1.807, 2.05) is 0 Å². The molecule has 10 heteroatoms. The molecule has 0 aliphatic rings. The summed E-state index contributed by atoms with van der Waals surface area (Å²) in [5.74, 6) is 0.0668. The molecule has 3 N–H and O–H groups in total. The molecule has 0 saturated carbocycles. The quantitative estimate of drug-likeness (QED) is 0.314. The number of anilines is 1. The number of rotatable bonds is 11. The highest BCUT2D eigenvalue weighted by molar-refractivity contribution is 7.80. The summed E-state index contributed by atoms with van der Waals surface area (Å²) >= 11 is 17.1. The Labute approximate surface area is 202 Å². The molecule has 2 aromatic carbocycles. The second-order valence-electron chi connectivity index (χ2n) is 6.71. The fraction of sp³-hybridized carbons (Fsp3) is 0.318. The molecule has 172 valence electrons. The van der Waals surface area contributed by atoms with Crippen molar-refractivity contribution in [1.29, 1.82) is 0 Å². The van der Waals surface area contributed by atoms with Crippen molar-refractivity contribution < 1.29 is 19.1 Å². The van der Waals surface area contributed by atoms with Crippen LogP contribution in [-0.4, -0.2) is 43.8 Å². The number of carbonyl (C=O) groups excluding carboxylic acids is 2. The van der Waals surface area contributed by atoms with Crippen molar-refractivity contribution >= 4 is 58.0 Å². The van der Waals surface area contributed by atoms with Gasteiger partial charge in [-0.3, -0.25) is 9.59 Å². The first-order chi connectivity index (χ1) is 15.4. The lowest BCUT2D eigenvalue weighted by atomic mass is 10.2. The van der Waals surface area contributed by atoms with Crippen LogP contribution in [0.2, 0.25) is 10.0 Å². The van der Waals surface area contributed by atoms with Crippen molar-refractivity contribution in [3.05, 3.63) is 58.1 Å². The summed E-state index contributed by atoms with van der Waals surface area (Å²) in [5, 5.41) is 9.43. The molecule has 0 bridgehead atoms. The Morgan fingerprint density at radius 2 is 1.88 bits per heavy atom. The Balaban J connectivity index is 1.72. The predicted molar refractivity (Wildman–Crippen MR) is 131 cm³/mol. The highest BCUT2D eigenvalue weighted by atomic mass is 35.5. The van der Waals surface area contributed by atoms with E-state index >= 15 is 0 Å². The van der Waals surface area contributed by atoms with Crippen molar-refractivity contribution in [3.63, 3.8) is 0 Å². The van der Waals surface area contributed by atoms with Gasteiger partial charge >= 0.3 is 0 Å². The second kappa shape index (κ2) is 13.9. The number of ether oxygens (including phenoxy) is 2. The third-order valence-corrected chi connectivity index (χ3v) is 4.88. The number of thiocarbonyl (C=S) groups is 1. The molecule has 0 saturated heterocycles. The molecule has 0 aromatic heterocycles. The lowest BCUT2D eigenvalue weighted by molar-refractivity contribution is -0.119. The molecule has 2 amide bonds. The van der Waals surface area contributed by atoms with Gasteiger partial charge in [-0.2, -0.15) is 0 Å². The first-order valence-corrected chi connectivity index (χ1v) is 11.1. The Hall–Kier alpha value is -2.39. The standard InChI is InChI=1S/C22H25Cl2N3O4S/c1-30-11-4-10-25-21(29)15-5-2-6-17(13-15)26-22(32)27-20(28)7-3-12-31-19-9-8-16(23)14-18(19)24/h2,5-6,8-9,13-14H,3-4,7,10-12H2,1H3,(H,25,29)(H2,26,27,28,32). The zero-order valence-corrected chi connectivity index (χ0v) is 19.9. The number of carbonyl (C=O) groups is 2. The van der Waals surface area contributed by atoms with Crippen LogP contribution in [0.15, 0.2) is 42.5 Å². The Morgan fingerprint density at radius 3 is 2.62 bits per heavy atom. The molecule has 0 fully saturated rings. The zero-order chi connectivity index (χ0) is 23.3. The minimum absolute atomic E-state index is 0.148. The van der Waals surface area contributed by atoms with E-state index in [-0.39, 0.29) is 23.3 Å². The van der Waals surface area contributed by atoms with Crippen LogP contribution in [0.4, 0.5) is 5.69 Å². The maximum atomic E-state index is 12.2. The van der Waals surface area contributed by atoms with E-state index < -0.39 is 0 Å². The molecule has 0 heterocycles. The van der Waals surface area contributed by atoms with E-state index in [1.165, 1.54) is 0 Å². The molecular weight excluding hydrogens is 473 g/mol. The lowest BCUT2D eigenvalue weighted by Crippen LogP contribution is -2.34.